The minimum atomic E-state index is -0.913. The third-order valence-corrected chi connectivity index (χ3v) is 1.59. The summed E-state index contributed by atoms with van der Waals surface area (Å²) in [5.74, 6) is 1.59. The molecule has 1 atom stereocenters. The van der Waals surface area contributed by atoms with E-state index >= 15 is 0 Å². The number of rotatable bonds is 4. The van der Waals surface area contributed by atoms with Crippen molar-refractivity contribution in [1.29, 1.82) is 0 Å². The van der Waals surface area contributed by atoms with Crippen LogP contribution in [-0.4, -0.2) is 29.1 Å². The average Bonchev–Trinajstić information content (AvgIpc) is 2.03. The van der Waals surface area contributed by atoms with Crippen LogP contribution in [0, 0.1) is 0 Å². The maximum atomic E-state index is 10.1. The fourth-order valence-corrected chi connectivity index (χ4v) is 0.858. The van der Waals surface area contributed by atoms with Crippen LogP contribution in [0.4, 0.5) is 0 Å². The molecule has 0 spiro atoms. The van der Waals surface area contributed by atoms with Gasteiger partial charge in [0.05, 0.1) is 0 Å². The quantitative estimate of drug-likeness (QED) is 0.678. The molecular weight excluding hydrogens is 223 g/mol. The molecule has 1 unspecified atom stereocenters. The van der Waals surface area contributed by atoms with Gasteiger partial charge in [-0.05, 0) is 18.4 Å². The van der Waals surface area contributed by atoms with E-state index in [9.17, 15) is 4.79 Å². The van der Waals surface area contributed by atoms with Crippen LogP contribution in [0.3, 0.4) is 0 Å². The standard InChI is InChI=1S/C5H11NO2S.CH3.Co.H3N/c1-9-3-2-4(6)5(7)8;;;/h4H,2-3,6H2,1H3,(H,7,8);1H3;;1H3. The van der Waals surface area contributed by atoms with Crippen molar-refractivity contribution in [3.05, 3.63) is 0 Å². The van der Waals surface area contributed by atoms with Gasteiger partial charge in [0.25, 0.3) is 0 Å². The molecule has 0 aromatic rings. The monoisotopic (exact) mass is 240 g/mol. The fourth-order valence-electron chi connectivity index (χ4n) is 0.368. The van der Waals surface area contributed by atoms with Gasteiger partial charge in [0.15, 0.2) is 0 Å². The van der Waals surface area contributed by atoms with Crippen LogP contribution in [0.25, 0.3) is 0 Å². The van der Waals surface area contributed by atoms with Gasteiger partial charge in [-0.25, -0.2) is 0 Å². The van der Waals surface area contributed by atoms with Gasteiger partial charge in [0.2, 0.25) is 0 Å². The van der Waals surface area contributed by atoms with E-state index < -0.39 is 12.0 Å². The van der Waals surface area contributed by atoms with Gasteiger partial charge in [-0.3, -0.25) is 4.79 Å². The summed E-state index contributed by atoms with van der Waals surface area (Å²) < 4.78 is 0. The number of carbonyl (C=O) groups is 1. The average molecular weight is 240 g/mol. The molecular formula is C6H17CoN2O2S. The summed E-state index contributed by atoms with van der Waals surface area (Å²) in [6.07, 6.45) is 2.48. The fraction of sp³-hybridized carbons (Fsp3) is 0.833. The third kappa shape index (κ3) is 12.9. The zero-order chi connectivity index (χ0) is 9.28. The van der Waals surface area contributed by atoms with Gasteiger partial charge < -0.3 is 17.0 Å². The Hall–Kier alpha value is 0.246. The van der Waals surface area contributed by atoms with Gasteiger partial charge in [0.1, 0.15) is 6.04 Å². The van der Waals surface area contributed by atoms with E-state index in [1.165, 1.54) is 0 Å². The Morgan fingerprint density at radius 2 is 2.08 bits per heavy atom. The van der Waals surface area contributed by atoms with E-state index in [1.807, 2.05) is 6.26 Å². The number of thioether (sulfide) groups is 1. The second-order valence-electron chi connectivity index (χ2n) is 1.73. The Kier molecular flexibility index (Phi) is 20.9. The van der Waals surface area contributed by atoms with Crippen LogP contribution in [0.15, 0.2) is 0 Å². The van der Waals surface area contributed by atoms with Crippen LogP contribution in [0.2, 0.25) is 5.86 Å². The Labute approximate surface area is 85.8 Å². The molecule has 0 amide bonds. The Bertz CT molecular complexity index is 106. The second-order valence-corrected chi connectivity index (χ2v) is 2.71. The summed E-state index contributed by atoms with van der Waals surface area (Å²) in [6, 6.07) is -0.683. The molecule has 0 rings (SSSR count). The van der Waals surface area contributed by atoms with Crippen molar-refractivity contribution in [1.82, 2.24) is 6.15 Å². The van der Waals surface area contributed by atoms with Crippen molar-refractivity contribution in [2.75, 3.05) is 12.0 Å². The Morgan fingerprint density at radius 3 is 2.33 bits per heavy atom. The minimum absolute atomic E-state index is 0. The van der Waals surface area contributed by atoms with Crippen LogP contribution in [-0.2, 0) is 20.5 Å². The molecule has 0 saturated carbocycles. The van der Waals surface area contributed by atoms with Crippen molar-refractivity contribution in [2.45, 2.75) is 18.3 Å². The SMILES string of the molecule is CSCCC(N)C(=O)O.N.[CH3][Co]. The maximum absolute atomic E-state index is 10.1. The van der Waals surface area contributed by atoms with Crippen LogP contribution in [0.1, 0.15) is 6.42 Å². The number of carboxylic acids is 1. The predicted molar refractivity (Wildman–Crippen MR) is 49.5 cm³/mol. The molecule has 0 fully saturated rings. The molecule has 4 nitrogen and oxygen atoms in total. The molecule has 0 aromatic carbocycles. The molecule has 0 heterocycles. The van der Waals surface area contributed by atoms with Crippen molar-refractivity contribution in [3.63, 3.8) is 0 Å². The molecule has 78 valence electrons. The number of aliphatic carboxylic acids is 1. The third-order valence-electron chi connectivity index (χ3n) is 0.950. The number of nitrogens with two attached hydrogens (primary N) is 1. The van der Waals surface area contributed by atoms with Gasteiger partial charge in [-0.15, -0.1) is 0 Å². The summed E-state index contributed by atoms with van der Waals surface area (Å²) in [5, 5.41) is 8.27. The van der Waals surface area contributed by atoms with Crippen LogP contribution >= 0.6 is 11.8 Å². The van der Waals surface area contributed by atoms with Gasteiger partial charge in [-0.1, -0.05) is 0 Å². The molecule has 0 aliphatic rings. The summed E-state index contributed by atoms with van der Waals surface area (Å²) in [6.45, 7) is 0. The molecule has 6 heteroatoms. The van der Waals surface area contributed by atoms with Gasteiger partial charge in [0, 0.05) is 0 Å². The molecule has 0 saturated heterocycles. The molecule has 0 bridgehead atoms. The van der Waals surface area contributed by atoms with E-state index in [-0.39, 0.29) is 6.15 Å². The topological polar surface area (TPSA) is 98.3 Å². The van der Waals surface area contributed by atoms with Crippen molar-refractivity contribution < 1.29 is 25.6 Å². The summed E-state index contributed by atoms with van der Waals surface area (Å²) in [4.78, 5) is 10.1. The van der Waals surface area contributed by atoms with Crippen LogP contribution in [0.5, 0.6) is 0 Å². The summed E-state index contributed by atoms with van der Waals surface area (Å²) in [7, 11) is 0. The molecule has 0 aliphatic carbocycles. The van der Waals surface area contributed by atoms with Crippen LogP contribution < -0.4 is 11.9 Å². The number of carboxylic acid groups (broad SMARTS) is 1. The first-order valence-corrected chi connectivity index (χ1v) is 5.42. The van der Waals surface area contributed by atoms with Crippen molar-refractivity contribution in [3.8, 4) is 0 Å². The Morgan fingerprint density at radius 1 is 1.67 bits per heavy atom. The van der Waals surface area contributed by atoms with E-state index in [0.717, 1.165) is 5.75 Å². The van der Waals surface area contributed by atoms with Crippen molar-refractivity contribution in [2.24, 2.45) is 5.73 Å². The first kappa shape index (κ1) is 18.1. The zero-order valence-electron chi connectivity index (χ0n) is 7.37. The molecule has 0 aromatic heterocycles. The van der Waals surface area contributed by atoms with E-state index in [2.05, 4.69) is 15.7 Å². The zero-order valence-corrected chi connectivity index (χ0v) is 9.23. The second kappa shape index (κ2) is 13.8. The number of hydrogen-bond acceptors (Lipinski definition) is 4. The van der Waals surface area contributed by atoms with E-state index in [1.54, 1.807) is 17.6 Å². The van der Waals surface area contributed by atoms with Crippen molar-refractivity contribution >= 4 is 17.7 Å². The first-order chi connectivity index (χ1) is 5.18. The predicted octanol–water partition coefficient (Wildman–Crippen LogP) is 0.895. The molecule has 6 N–H and O–H groups in total. The number of hydrogen-bond donors (Lipinski definition) is 3. The van der Waals surface area contributed by atoms with E-state index in [0.29, 0.717) is 6.42 Å². The van der Waals surface area contributed by atoms with Gasteiger partial charge >= 0.3 is 27.6 Å². The summed E-state index contributed by atoms with van der Waals surface area (Å²) >= 11 is 5.17. The van der Waals surface area contributed by atoms with E-state index in [4.69, 9.17) is 10.8 Å². The van der Waals surface area contributed by atoms with Gasteiger partial charge in [-0.2, -0.15) is 11.8 Å². The first-order valence-electron chi connectivity index (χ1n) is 2.99. The molecule has 0 aliphatic heterocycles. The summed E-state index contributed by atoms with van der Waals surface area (Å²) in [5.41, 5.74) is 5.19. The molecule has 0 radical (unpaired) electrons. The normalized spacial score (nSPS) is 10.4. The molecule has 12 heavy (non-hydrogen) atoms. The Balaban J connectivity index is -0.000000249.